The Bertz CT molecular complexity index is 1060. The van der Waals surface area contributed by atoms with Crippen LogP contribution in [-0.2, 0) is 14.8 Å². The van der Waals surface area contributed by atoms with Gasteiger partial charge in [-0.15, -0.1) is 4.83 Å². The van der Waals surface area contributed by atoms with Crippen LogP contribution in [0.4, 0.5) is 5.13 Å². The molecule has 3 rings (SSSR count). The average molecular weight is 453 g/mol. The van der Waals surface area contributed by atoms with E-state index < -0.39 is 15.9 Å². The van der Waals surface area contributed by atoms with Crippen molar-refractivity contribution in [1.82, 2.24) is 15.2 Å². The molecule has 0 aliphatic carbocycles. The van der Waals surface area contributed by atoms with Gasteiger partial charge in [-0.25, -0.2) is 13.4 Å². The van der Waals surface area contributed by atoms with Crippen LogP contribution in [-0.4, -0.2) is 45.6 Å². The first-order chi connectivity index (χ1) is 14.0. The summed E-state index contributed by atoms with van der Waals surface area (Å²) in [7, 11) is -3.94. The number of ether oxygens (including phenoxy) is 1. The van der Waals surface area contributed by atoms with Crippen LogP contribution in [0.2, 0.25) is 0 Å². The van der Waals surface area contributed by atoms with Gasteiger partial charge in [-0.1, -0.05) is 11.3 Å². The predicted molar refractivity (Wildman–Crippen MR) is 118 cm³/mol. The van der Waals surface area contributed by atoms with Crippen molar-refractivity contribution in [3.63, 3.8) is 0 Å². The second-order valence-corrected chi connectivity index (χ2v) is 10.1. The van der Waals surface area contributed by atoms with Gasteiger partial charge in [0, 0.05) is 13.1 Å². The Morgan fingerprint density at radius 1 is 0.967 bits per heavy atom. The zero-order valence-electron chi connectivity index (χ0n) is 18.2. The summed E-state index contributed by atoms with van der Waals surface area (Å²) in [5.41, 5.74) is 7.21. The van der Waals surface area contributed by atoms with Gasteiger partial charge in [0.2, 0.25) is 0 Å². The topological polar surface area (TPSA) is 101 Å². The van der Waals surface area contributed by atoms with Gasteiger partial charge in [-0.3, -0.25) is 10.2 Å². The van der Waals surface area contributed by atoms with E-state index in [9.17, 15) is 13.2 Å². The highest BCUT2D eigenvalue weighted by atomic mass is 32.2. The van der Waals surface area contributed by atoms with Crippen molar-refractivity contribution in [1.29, 1.82) is 0 Å². The highest BCUT2D eigenvalue weighted by Gasteiger charge is 2.26. The number of morpholine rings is 1. The predicted octanol–water partition coefficient (Wildman–Crippen LogP) is 2.45. The number of carbonyl (C=O) groups excluding carboxylic acids is 1. The molecule has 1 saturated heterocycles. The van der Waals surface area contributed by atoms with Crippen LogP contribution in [0.3, 0.4) is 0 Å². The number of aryl methyl sites for hydroxylation is 1. The fourth-order valence-corrected chi connectivity index (χ4v) is 6.03. The van der Waals surface area contributed by atoms with Crippen LogP contribution in [0, 0.1) is 41.5 Å². The summed E-state index contributed by atoms with van der Waals surface area (Å²) < 4.78 is 31.4. The number of aromatic nitrogens is 1. The minimum absolute atomic E-state index is 0.207. The number of hydrazine groups is 1. The molecule has 1 aliphatic rings. The van der Waals surface area contributed by atoms with Gasteiger partial charge in [-0.2, -0.15) is 0 Å². The number of hydrogen-bond donors (Lipinski definition) is 2. The summed E-state index contributed by atoms with van der Waals surface area (Å²) in [6.07, 6.45) is 0. The Balaban J connectivity index is 1.80. The van der Waals surface area contributed by atoms with Crippen molar-refractivity contribution in [3.8, 4) is 0 Å². The molecule has 1 amide bonds. The summed E-state index contributed by atoms with van der Waals surface area (Å²) in [6, 6.07) is 0. The van der Waals surface area contributed by atoms with Crippen LogP contribution in [0.25, 0.3) is 0 Å². The second kappa shape index (κ2) is 8.62. The Kier molecular flexibility index (Phi) is 6.51. The van der Waals surface area contributed by atoms with E-state index >= 15 is 0 Å². The summed E-state index contributed by atoms with van der Waals surface area (Å²) in [6.45, 7) is 13.8. The Labute approximate surface area is 181 Å². The number of nitrogens with one attached hydrogen (secondary N) is 2. The van der Waals surface area contributed by atoms with E-state index in [2.05, 4.69) is 20.1 Å². The minimum atomic E-state index is -3.94. The molecule has 0 spiro atoms. The highest BCUT2D eigenvalue weighted by molar-refractivity contribution is 7.89. The lowest BCUT2D eigenvalue weighted by atomic mass is 9.95. The molecule has 10 heteroatoms. The van der Waals surface area contributed by atoms with E-state index in [0.717, 1.165) is 21.8 Å². The molecule has 1 aromatic carbocycles. The van der Waals surface area contributed by atoms with Crippen molar-refractivity contribution in [3.05, 3.63) is 38.4 Å². The lowest BCUT2D eigenvalue weighted by Crippen LogP contribution is -2.42. The second-order valence-electron chi connectivity index (χ2n) is 7.52. The Morgan fingerprint density at radius 2 is 1.50 bits per heavy atom. The SMILES string of the molecule is Cc1nc(N2CCOCC2)sc1C(=O)NNS(=O)(=O)c1c(C)c(C)c(C)c(C)c1C. The molecule has 1 aromatic heterocycles. The lowest BCUT2D eigenvalue weighted by molar-refractivity contribution is 0.0948. The molecule has 0 saturated carbocycles. The molecule has 0 unspecified atom stereocenters. The van der Waals surface area contributed by atoms with Crippen molar-refractivity contribution >= 4 is 32.4 Å². The summed E-state index contributed by atoms with van der Waals surface area (Å²) in [5, 5.41) is 0.736. The largest absolute Gasteiger partial charge is 0.378 e. The third-order valence-electron chi connectivity index (χ3n) is 5.77. The standard InChI is InChI=1S/C20H28N4O4S2/c1-11-12(2)14(4)18(15(5)13(11)3)30(26,27)23-22-19(25)17-16(6)21-20(29-17)24-7-9-28-10-8-24/h23H,7-10H2,1-6H3,(H,22,25). The first-order valence-electron chi connectivity index (χ1n) is 9.73. The van der Waals surface area contributed by atoms with E-state index in [1.807, 2.05) is 20.8 Å². The minimum Gasteiger partial charge on any atom is -0.378 e. The third-order valence-corrected chi connectivity index (χ3v) is 8.51. The Morgan fingerprint density at radius 3 is 2.07 bits per heavy atom. The van der Waals surface area contributed by atoms with Crippen molar-refractivity contribution in [2.45, 2.75) is 46.4 Å². The number of sulfonamides is 1. The fraction of sp³-hybridized carbons (Fsp3) is 0.500. The quantitative estimate of drug-likeness (QED) is 0.676. The van der Waals surface area contributed by atoms with E-state index in [0.29, 0.717) is 48.0 Å². The molecule has 0 atom stereocenters. The zero-order chi connectivity index (χ0) is 22.2. The van der Waals surface area contributed by atoms with Gasteiger partial charge in [0.25, 0.3) is 15.9 Å². The molecule has 1 fully saturated rings. The number of hydrogen-bond acceptors (Lipinski definition) is 7. The molecule has 2 heterocycles. The van der Waals surface area contributed by atoms with E-state index in [1.54, 1.807) is 20.8 Å². The molecule has 2 aromatic rings. The van der Waals surface area contributed by atoms with Gasteiger partial charge in [-0.05, 0) is 69.4 Å². The smallest absolute Gasteiger partial charge is 0.278 e. The number of carbonyl (C=O) groups is 1. The lowest BCUT2D eigenvalue weighted by Gasteiger charge is -2.25. The molecular weight excluding hydrogens is 424 g/mol. The van der Waals surface area contributed by atoms with E-state index in [4.69, 9.17) is 4.74 Å². The van der Waals surface area contributed by atoms with Gasteiger partial charge in [0.15, 0.2) is 5.13 Å². The average Bonchev–Trinajstić information content (AvgIpc) is 3.11. The molecule has 0 bridgehead atoms. The number of anilines is 1. The van der Waals surface area contributed by atoms with Crippen molar-refractivity contribution in [2.24, 2.45) is 0 Å². The van der Waals surface area contributed by atoms with E-state index in [1.165, 1.54) is 11.3 Å². The highest BCUT2D eigenvalue weighted by Crippen LogP contribution is 2.29. The summed E-state index contributed by atoms with van der Waals surface area (Å²) in [5.74, 6) is -0.524. The Hall–Kier alpha value is -2.01. The van der Waals surface area contributed by atoms with Crippen molar-refractivity contribution < 1.29 is 17.9 Å². The van der Waals surface area contributed by atoms with Gasteiger partial charge >= 0.3 is 0 Å². The normalized spacial score (nSPS) is 14.8. The molecule has 0 radical (unpaired) electrons. The van der Waals surface area contributed by atoms with Crippen LogP contribution in [0.1, 0.15) is 43.2 Å². The molecule has 2 N–H and O–H groups in total. The van der Waals surface area contributed by atoms with Gasteiger partial charge in [0.05, 0.1) is 23.8 Å². The summed E-state index contributed by atoms with van der Waals surface area (Å²) in [4.78, 5) is 22.1. The van der Waals surface area contributed by atoms with Crippen LogP contribution < -0.4 is 15.2 Å². The molecule has 30 heavy (non-hydrogen) atoms. The maximum Gasteiger partial charge on any atom is 0.278 e. The number of thiazole rings is 1. The van der Waals surface area contributed by atoms with Gasteiger partial charge < -0.3 is 9.64 Å². The van der Waals surface area contributed by atoms with Crippen LogP contribution in [0.5, 0.6) is 0 Å². The zero-order valence-corrected chi connectivity index (χ0v) is 19.8. The third kappa shape index (κ3) is 4.22. The molecular formula is C20H28N4O4S2. The number of nitrogens with zero attached hydrogens (tertiary/aromatic N) is 2. The molecule has 1 aliphatic heterocycles. The number of benzene rings is 1. The first kappa shape index (κ1) is 22.7. The molecule has 8 nitrogen and oxygen atoms in total. The number of rotatable bonds is 5. The summed E-state index contributed by atoms with van der Waals surface area (Å²) >= 11 is 1.25. The van der Waals surface area contributed by atoms with Crippen LogP contribution in [0.15, 0.2) is 4.90 Å². The molecule has 164 valence electrons. The first-order valence-corrected chi connectivity index (χ1v) is 12.0. The number of amides is 1. The van der Waals surface area contributed by atoms with Gasteiger partial charge in [0.1, 0.15) is 4.88 Å². The van der Waals surface area contributed by atoms with E-state index in [-0.39, 0.29) is 4.90 Å². The maximum atomic E-state index is 13.0. The van der Waals surface area contributed by atoms with Crippen LogP contribution >= 0.6 is 11.3 Å². The monoisotopic (exact) mass is 452 g/mol. The maximum absolute atomic E-state index is 13.0. The fourth-order valence-electron chi connectivity index (χ4n) is 3.57. The van der Waals surface area contributed by atoms with Crippen molar-refractivity contribution in [2.75, 3.05) is 31.2 Å².